The van der Waals surface area contributed by atoms with E-state index in [-0.39, 0.29) is 11.7 Å². The highest BCUT2D eigenvalue weighted by Crippen LogP contribution is 2.32. The second-order valence-corrected chi connectivity index (χ2v) is 6.94. The van der Waals surface area contributed by atoms with Crippen LogP contribution in [0.3, 0.4) is 0 Å². The van der Waals surface area contributed by atoms with Crippen LogP contribution in [0.25, 0.3) is 0 Å². The summed E-state index contributed by atoms with van der Waals surface area (Å²) in [5, 5.41) is 0. The minimum Gasteiger partial charge on any atom is -0.479 e. The molecule has 1 amide bonds. The van der Waals surface area contributed by atoms with Gasteiger partial charge in [0.2, 0.25) is 5.88 Å². The Balaban J connectivity index is 1.46. The number of hydrogen-bond acceptors (Lipinski definition) is 5. The average molecular weight is 384 g/mol. The molecule has 0 radical (unpaired) electrons. The number of Topliss-reactive ketones (excluding diaryl/α,β-unsaturated/α-hetero) is 1. The van der Waals surface area contributed by atoms with E-state index in [9.17, 15) is 14.0 Å². The molecule has 146 valence electrons. The molecule has 1 fully saturated rings. The zero-order valence-electron chi connectivity index (χ0n) is 15.6. The molecule has 2 aromatic rings. The molecule has 1 aromatic heterocycles. The topological polar surface area (TPSA) is 68.7 Å². The normalized spacial score (nSPS) is 18.5. The molecule has 0 N–H and O–H groups in total. The number of nitrogens with zero attached hydrogens (tertiary/aromatic N) is 2. The summed E-state index contributed by atoms with van der Waals surface area (Å²) < 4.78 is 25.5. The molecule has 0 spiro atoms. The maximum atomic E-state index is 14.3. The smallest absolute Gasteiger partial charge is 0.268 e. The van der Waals surface area contributed by atoms with Crippen molar-refractivity contribution in [1.82, 2.24) is 4.98 Å². The minimum absolute atomic E-state index is 0.0772. The van der Waals surface area contributed by atoms with Crippen LogP contribution >= 0.6 is 0 Å². The van der Waals surface area contributed by atoms with E-state index in [1.807, 2.05) is 6.92 Å². The van der Waals surface area contributed by atoms with Crippen LogP contribution in [0, 0.1) is 5.82 Å². The predicted molar refractivity (Wildman–Crippen MR) is 100 cm³/mol. The van der Waals surface area contributed by atoms with E-state index in [4.69, 9.17) is 9.47 Å². The fourth-order valence-electron chi connectivity index (χ4n) is 3.57. The monoisotopic (exact) mass is 384 g/mol. The third-order valence-electron chi connectivity index (χ3n) is 4.99. The van der Waals surface area contributed by atoms with Crippen LogP contribution in [0.15, 0.2) is 30.5 Å². The first-order chi connectivity index (χ1) is 13.6. The predicted octanol–water partition coefficient (Wildman–Crippen LogP) is 3.32. The third kappa shape index (κ3) is 3.44. The fourth-order valence-corrected chi connectivity index (χ4v) is 3.57. The summed E-state index contributed by atoms with van der Waals surface area (Å²) in [6.07, 6.45) is 2.96. The van der Waals surface area contributed by atoms with Gasteiger partial charge in [0, 0.05) is 36.7 Å². The average Bonchev–Trinajstić information content (AvgIpc) is 3.25. The Labute approximate surface area is 162 Å². The molecular formula is C21H21FN2O4. The van der Waals surface area contributed by atoms with Crippen LogP contribution in [0.2, 0.25) is 0 Å². The van der Waals surface area contributed by atoms with Crippen LogP contribution in [-0.4, -0.2) is 35.9 Å². The molecule has 2 aliphatic rings. The number of carbonyl (C=O) groups is 2. The molecule has 1 unspecified atom stereocenters. The molecule has 1 aliphatic carbocycles. The molecule has 4 rings (SSSR count). The number of benzene rings is 1. The van der Waals surface area contributed by atoms with Gasteiger partial charge < -0.3 is 14.4 Å². The Kier molecular flexibility index (Phi) is 4.98. The van der Waals surface area contributed by atoms with Gasteiger partial charge in [-0.1, -0.05) is 6.92 Å². The summed E-state index contributed by atoms with van der Waals surface area (Å²) in [6, 6.07) is 6.36. The van der Waals surface area contributed by atoms with Gasteiger partial charge in [-0.25, -0.2) is 9.37 Å². The number of ketones is 1. The molecule has 7 heteroatoms. The molecule has 2 heterocycles. The number of aromatic nitrogens is 1. The lowest BCUT2D eigenvalue weighted by Gasteiger charge is -2.18. The number of rotatable bonds is 6. The number of anilines is 1. The summed E-state index contributed by atoms with van der Waals surface area (Å²) >= 11 is 0. The van der Waals surface area contributed by atoms with Crippen LogP contribution in [0.5, 0.6) is 11.6 Å². The van der Waals surface area contributed by atoms with Crippen molar-refractivity contribution in [3.63, 3.8) is 0 Å². The van der Waals surface area contributed by atoms with Gasteiger partial charge in [-0.2, -0.15) is 0 Å². The van der Waals surface area contributed by atoms with Crippen molar-refractivity contribution in [2.45, 2.75) is 38.7 Å². The molecule has 1 aromatic carbocycles. The highest BCUT2D eigenvalue weighted by Gasteiger charge is 2.36. The summed E-state index contributed by atoms with van der Waals surface area (Å²) in [6.45, 7) is 3.00. The molecule has 0 saturated carbocycles. The van der Waals surface area contributed by atoms with Gasteiger partial charge in [-0.3, -0.25) is 9.59 Å². The number of ether oxygens (including phenoxy) is 2. The first kappa shape index (κ1) is 18.4. The van der Waals surface area contributed by atoms with E-state index in [0.717, 1.165) is 6.42 Å². The number of fused-ring (bicyclic) bond motifs is 1. The summed E-state index contributed by atoms with van der Waals surface area (Å²) in [5.74, 6) is 0.219. The fraction of sp³-hybridized carbons (Fsp3) is 0.381. The zero-order valence-corrected chi connectivity index (χ0v) is 15.6. The Morgan fingerprint density at radius 1 is 1.25 bits per heavy atom. The first-order valence-electron chi connectivity index (χ1n) is 9.49. The number of pyridine rings is 1. The molecule has 1 aliphatic heterocycles. The summed E-state index contributed by atoms with van der Waals surface area (Å²) in [5.41, 5.74) is 1.24. The Morgan fingerprint density at radius 3 is 2.86 bits per heavy atom. The van der Waals surface area contributed by atoms with Gasteiger partial charge in [0.25, 0.3) is 5.91 Å². The second kappa shape index (κ2) is 7.58. The number of halogens is 1. The van der Waals surface area contributed by atoms with E-state index in [1.165, 1.54) is 17.2 Å². The second-order valence-electron chi connectivity index (χ2n) is 6.94. The van der Waals surface area contributed by atoms with Crippen LogP contribution in [0.1, 0.15) is 42.1 Å². The highest BCUT2D eigenvalue weighted by atomic mass is 19.1. The van der Waals surface area contributed by atoms with Crippen LogP contribution in [0.4, 0.5) is 10.1 Å². The number of carbonyl (C=O) groups excluding carboxylic acids is 2. The molecule has 1 atom stereocenters. The van der Waals surface area contributed by atoms with E-state index in [2.05, 4.69) is 4.98 Å². The maximum Gasteiger partial charge on any atom is 0.268 e. The van der Waals surface area contributed by atoms with Crippen molar-refractivity contribution in [3.05, 3.63) is 47.4 Å². The summed E-state index contributed by atoms with van der Waals surface area (Å²) in [7, 11) is 0. The quantitative estimate of drug-likeness (QED) is 0.764. The molecule has 6 nitrogen and oxygen atoms in total. The SMILES string of the molecule is CCCOc1ccc(OC2CCN(c3cc(F)c4c(c3)C(=O)CC4)C2=O)cn1. The van der Waals surface area contributed by atoms with E-state index in [0.29, 0.717) is 60.9 Å². The largest absolute Gasteiger partial charge is 0.479 e. The molecule has 28 heavy (non-hydrogen) atoms. The van der Waals surface area contributed by atoms with Gasteiger partial charge in [-0.05, 0) is 36.6 Å². The lowest BCUT2D eigenvalue weighted by Crippen LogP contribution is -2.32. The van der Waals surface area contributed by atoms with Gasteiger partial charge >= 0.3 is 0 Å². The Hall–Kier alpha value is -2.96. The van der Waals surface area contributed by atoms with Crippen molar-refractivity contribution >= 4 is 17.4 Å². The van der Waals surface area contributed by atoms with Crippen molar-refractivity contribution < 1.29 is 23.5 Å². The zero-order chi connectivity index (χ0) is 19.7. The minimum atomic E-state index is -0.670. The van der Waals surface area contributed by atoms with E-state index >= 15 is 0 Å². The van der Waals surface area contributed by atoms with Gasteiger partial charge in [0.05, 0.1) is 12.8 Å². The highest BCUT2D eigenvalue weighted by molar-refractivity contribution is 6.04. The Morgan fingerprint density at radius 2 is 2.11 bits per heavy atom. The molecule has 0 bridgehead atoms. The summed E-state index contributed by atoms with van der Waals surface area (Å²) in [4.78, 5) is 30.4. The molecular weight excluding hydrogens is 363 g/mol. The third-order valence-corrected chi connectivity index (χ3v) is 4.99. The van der Waals surface area contributed by atoms with Crippen molar-refractivity contribution in [3.8, 4) is 11.6 Å². The number of hydrogen-bond donors (Lipinski definition) is 0. The van der Waals surface area contributed by atoms with Crippen molar-refractivity contribution in [1.29, 1.82) is 0 Å². The van der Waals surface area contributed by atoms with Crippen molar-refractivity contribution in [2.75, 3.05) is 18.1 Å². The van der Waals surface area contributed by atoms with E-state index in [1.54, 1.807) is 18.2 Å². The van der Waals surface area contributed by atoms with Crippen LogP contribution in [-0.2, 0) is 11.2 Å². The molecule has 1 saturated heterocycles. The Bertz CT molecular complexity index is 913. The van der Waals surface area contributed by atoms with Gasteiger partial charge in [0.1, 0.15) is 11.6 Å². The van der Waals surface area contributed by atoms with Gasteiger partial charge in [-0.15, -0.1) is 0 Å². The van der Waals surface area contributed by atoms with Gasteiger partial charge in [0.15, 0.2) is 11.9 Å². The van der Waals surface area contributed by atoms with Crippen molar-refractivity contribution in [2.24, 2.45) is 0 Å². The van der Waals surface area contributed by atoms with Crippen LogP contribution < -0.4 is 14.4 Å². The number of amides is 1. The van der Waals surface area contributed by atoms with E-state index < -0.39 is 11.9 Å². The first-order valence-corrected chi connectivity index (χ1v) is 9.49. The maximum absolute atomic E-state index is 14.3. The standard InChI is InChI=1S/C21H21FN2O4/c1-2-9-27-20-6-3-14(12-23-20)28-19-7-8-24(21(19)26)13-10-16-15(17(22)11-13)4-5-18(16)25/h3,6,10-12,19H,2,4-5,7-9H2,1H3. The lowest BCUT2D eigenvalue weighted by atomic mass is 10.1. The lowest BCUT2D eigenvalue weighted by molar-refractivity contribution is -0.122.